The SMILES string of the molecule is CCn1cc(S(=O)(=O)N2CCC(C)C(N)C2)nc1C. The molecule has 2 unspecified atom stereocenters. The number of imidazole rings is 1. The lowest BCUT2D eigenvalue weighted by Gasteiger charge is -2.33. The number of rotatable bonds is 3. The average Bonchev–Trinajstić information content (AvgIpc) is 2.74. The Bertz CT molecular complexity index is 552. The molecular weight excluding hydrogens is 264 g/mol. The Morgan fingerprint density at radius 2 is 2.21 bits per heavy atom. The molecule has 6 nitrogen and oxygen atoms in total. The lowest BCUT2D eigenvalue weighted by molar-refractivity contribution is 0.252. The Labute approximate surface area is 114 Å². The molecule has 108 valence electrons. The fraction of sp³-hybridized carbons (Fsp3) is 0.750. The molecule has 7 heteroatoms. The van der Waals surface area contributed by atoms with E-state index in [9.17, 15) is 8.42 Å². The monoisotopic (exact) mass is 286 g/mol. The molecule has 1 aliphatic heterocycles. The third kappa shape index (κ3) is 2.68. The number of piperidine rings is 1. The Morgan fingerprint density at radius 1 is 1.53 bits per heavy atom. The third-order valence-electron chi connectivity index (χ3n) is 3.88. The molecule has 0 amide bonds. The van der Waals surface area contributed by atoms with Crippen molar-refractivity contribution in [1.29, 1.82) is 0 Å². The molecule has 2 atom stereocenters. The molecule has 2 heterocycles. The van der Waals surface area contributed by atoms with Gasteiger partial charge in [-0.05, 0) is 26.2 Å². The molecule has 1 aliphatic rings. The maximum atomic E-state index is 12.5. The molecule has 1 aromatic rings. The van der Waals surface area contributed by atoms with E-state index in [2.05, 4.69) is 11.9 Å². The minimum atomic E-state index is -3.51. The van der Waals surface area contributed by atoms with E-state index in [0.29, 0.717) is 25.6 Å². The van der Waals surface area contributed by atoms with Gasteiger partial charge in [0.15, 0.2) is 5.03 Å². The van der Waals surface area contributed by atoms with E-state index in [1.54, 1.807) is 6.20 Å². The zero-order valence-electron chi connectivity index (χ0n) is 11.7. The van der Waals surface area contributed by atoms with Gasteiger partial charge in [0.1, 0.15) is 5.82 Å². The minimum Gasteiger partial charge on any atom is -0.334 e. The molecule has 19 heavy (non-hydrogen) atoms. The van der Waals surface area contributed by atoms with Crippen LogP contribution in [0.5, 0.6) is 0 Å². The summed E-state index contributed by atoms with van der Waals surface area (Å²) in [6.45, 7) is 7.45. The van der Waals surface area contributed by atoms with Gasteiger partial charge in [-0.2, -0.15) is 4.31 Å². The van der Waals surface area contributed by atoms with Crippen LogP contribution in [0.25, 0.3) is 0 Å². The molecule has 1 fully saturated rings. The zero-order chi connectivity index (χ0) is 14.2. The van der Waals surface area contributed by atoms with Gasteiger partial charge < -0.3 is 10.3 Å². The van der Waals surface area contributed by atoms with Crippen LogP contribution in [0, 0.1) is 12.8 Å². The van der Waals surface area contributed by atoms with Crippen LogP contribution in [-0.2, 0) is 16.6 Å². The Balaban J connectivity index is 2.27. The fourth-order valence-corrected chi connectivity index (χ4v) is 3.83. The minimum absolute atomic E-state index is 0.0992. The smallest absolute Gasteiger partial charge is 0.262 e. The zero-order valence-corrected chi connectivity index (χ0v) is 12.5. The maximum absolute atomic E-state index is 12.5. The molecule has 1 saturated heterocycles. The second-order valence-corrected chi connectivity index (χ2v) is 7.09. The molecule has 0 aromatic carbocycles. The van der Waals surface area contributed by atoms with Crippen molar-refractivity contribution < 1.29 is 8.42 Å². The van der Waals surface area contributed by atoms with Crippen LogP contribution < -0.4 is 5.73 Å². The van der Waals surface area contributed by atoms with Gasteiger partial charge in [-0.3, -0.25) is 0 Å². The standard InChI is InChI=1S/C12H22N4O2S/c1-4-15-8-12(14-10(15)3)19(17,18)16-6-5-9(2)11(13)7-16/h8-9,11H,4-7,13H2,1-3H3. The normalized spacial score (nSPS) is 25.7. The second kappa shape index (κ2) is 5.22. The summed E-state index contributed by atoms with van der Waals surface area (Å²) >= 11 is 0. The van der Waals surface area contributed by atoms with E-state index in [4.69, 9.17) is 5.73 Å². The van der Waals surface area contributed by atoms with Crippen LogP contribution in [0.2, 0.25) is 0 Å². The largest absolute Gasteiger partial charge is 0.334 e. The first-order chi connectivity index (χ1) is 8.86. The van der Waals surface area contributed by atoms with Crippen molar-refractivity contribution in [2.24, 2.45) is 11.7 Å². The summed E-state index contributed by atoms with van der Waals surface area (Å²) in [5.74, 6) is 1.08. The molecule has 0 spiro atoms. The van der Waals surface area contributed by atoms with Gasteiger partial charge in [-0.25, -0.2) is 13.4 Å². The van der Waals surface area contributed by atoms with E-state index in [1.165, 1.54) is 4.31 Å². The number of hydrogen-bond acceptors (Lipinski definition) is 4. The Kier molecular flexibility index (Phi) is 3.98. The van der Waals surface area contributed by atoms with Gasteiger partial charge in [-0.15, -0.1) is 0 Å². The van der Waals surface area contributed by atoms with Crippen molar-refractivity contribution in [3.05, 3.63) is 12.0 Å². The number of aryl methyl sites for hydroxylation is 2. The molecule has 1 aromatic heterocycles. The van der Waals surface area contributed by atoms with E-state index in [-0.39, 0.29) is 11.1 Å². The quantitative estimate of drug-likeness (QED) is 0.880. The molecule has 2 rings (SSSR count). The van der Waals surface area contributed by atoms with E-state index >= 15 is 0 Å². The van der Waals surface area contributed by atoms with E-state index in [0.717, 1.165) is 12.2 Å². The molecule has 0 radical (unpaired) electrons. The highest BCUT2D eigenvalue weighted by molar-refractivity contribution is 7.89. The molecular formula is C12H22N4O2S. The number of sulfonamides is 1. The summed E-state index contributed by atoms with van der Waals surface area (Å²) in [7, 11) is -3.51. The summed E-state index contributed by atoms with van der Waals surface area (Å²) < 4.78 is 28.3. The second-order valence-electron chi connectivity index (χ2n) is 5.21. The van der Waals surface area contributed by atoms with Crippen LogP contribution in [0.15, 0.2) is 11.2 Å². The summed E-state index contributed by atoms with van der Waals surface area (Å²) in [4.78, 5) is 4.16. The lowest BCUT2D eigenvalue weighted by atomic mass is 9.96. The predicted octanol–water partition coefficient (Wildman–Crippen LogP) is 0.569. The Hall–Kier alpha value is -0.920. The van der Waals surface area contributed by atoms with Crippen molar-refractivity contribution in [3.8, 4) is 0 Å². The number of hydrogen-bond donors (Lipinski definition) is 1. The first kappa shape index (κ1) is 14.5. The van der Waals surface area contributed by atoms with Crippen molar-refractivity contribution in [3.63, 3.8) is 0 Å². The first-order valence-electron chi connectivity index (χ1n) is 6.65. The topological polar surface area (TPSA) is 81.2 Å². The van der Waals surface area contributed by atoms with Crippen molar-refractivity contribution in [2.75, 3.05) is 13.1 Å². The van der Waals surface area contributed by atoms with Gasteiger partial charge in [-0.1, -0.05) is 6.92 Å². The van der Waals surface area contributed by atoms with Crippen LogP contribution in [0.3, 0.4) is 0 Å². The molecule has 2 N–H and O–H groups in total. The number of nitrogens with two attached hydrogens (primary N) is 1. The fourth-order valence-electron chi connectivity index (χ4n) is 2.34. The Morgan fingerprint density at radius 3 is 2.74 bits per heavy atom. The first-order valence-corrected chi connectivity index (χ1v) is 8.09. The van der Waals surface area contributed by atoms with Gasteiger partial charge in [0.25, 0.3) is 10.0 Å². The molecule has 0 aliphatic carbocycles. The predicted molar refractivity (Wildman–Crippen MR) is 73.2 cm³/mol. The van der Waals surface area contributed by atoms with E-state index in [1.807, 2.05) is 18.4 Å². The average molecular weight is 286 g/mol. The van der Waals surface area contributed by atoms with Gasteiger partial charge >= 0.3 is 0 Å². The lowest BCUT2D eigenvalue weighted by Crippen LogP contribution is -2.49. The highest BCUT2D eigenvalue weighted by Gasteiger charge is 2.33. The summed E-state index contributed by atoms with van der Waals surface area (Å²) in [5.41, 5.74) is 5.97. The molecule has 0 saturated carbocycles. The van der Waals surface area contributed by atoms with Crippen LogP contribution in [0.1, 0.15) is 26.1 Å². The highest BCUT2D eigenvalue weighted by atomic mass is 32.2. The van der Waals surface area contributed by atoms with Crippen LogP contribution in [-0.4, -0.2) is 41.4 Å². The summed E-state index contributed by atoms with van der Waals surface area (Å²) in [5, 5.41) is 0.133. The summed E-state index contributed by atoms with van der Waals surface area (Å²) in [6.07, 6.45) is 2.40. The van der Waals surface area contributed by atoms with Crippen LogP contribution in [0.4, 0.5) is 0 Å². The van der Waals surface area contributed by atoms with Gasteiger partial charge in [0.05, 0.1) is 0 Å². The maximum Gasteiger partial charge on any atom is 0.262 e. The molecule has 0 bridgehead atoms. The van der Waals surface area contributed by atoms with Gasteiger partial charge in [0, 0.05) is 31.9 Å². The number of aromatic nitrogens is 2. The third-order valence-corrected chi connectivity index (χ3v) is 5.61. The summed E-state index contributed by atoms with van der Waals surface area (Å²) in [6, 6.07) is -0.0992. The van der Waals surface area contributed by atoms with Crippen molar-refractivity contribution >= 4 is 10.0 Å². The van der Waals surface area contributed by atoms with Gasteiger partial charge in [0.2, 0.25) is 0 Å². The van der Waals surface area contributed by atoms with E-state index < -0.39 is 10.0 Å². The van der Waals surface area contributed by atoms with Crippen molar-refractivity contribution in [1.82, 2.24) is 13.9 Å². The van der Waals surface area contributed by atoms with Crippen molar-refractivity contribution in [2.45, 2.75) is 44.8 Å². The van der Waals surface area contributed by atoms with Crippen LogP contribution >= 0.6 is 0 Å². The highest BCUT2D eigenvalue weighted by Crippen LogP contribution is 2.22. The number of nitrogens with zero attached hydrogens (tertiary/aromatic N) is 3.